The van der Waals surface area contributed by atoms with Gasteiger partial charge in [-0.1, -0.05) is 12.1 Å². The number of hydrogen-bond acceptors (Lipinski definition) is 3. The van der Waals surface area contributed by atoms with Gasteiger partial charge in [0.1, 0.15) is 0 Å². The lowest BCUT2D eigenvalue weighted by Gasteiger charge is -2.16. The van der Waals surface area contributed by atoms with Crippen LogP contribution in [0.15, 0.2) is 18.2 Å². The van der Waals surface area contributed by atoms with Crippen LogP contribution in [0.3, 0.4) is 0 Å². The molecule has 4 heteroatoms. The highest BCUT2D eigenvalue weighted by Gasteiger charge is 2.26. The molecule has 0 saturated heterocycles. The first kappa shape index (κ1) is 11.5. The Hall–Kier alpha value is -1.00. The highest BCUT2D eigenvalue weighted by molar-refractivity contribution is 7.80. The smallest absolute Gasteiger partial charge is 0.231 e. The third-order valence-electron chi connectivity index (χ3n) is 2.83. The van der Waals surface area contributed by atoms with E-state index in [0.29, 0.717) is 25.3 Å². The molecule has 1 aliphatic rings. The topological polar surface area (TPSA) is 46.3 Å². The number of anilines is 1. The Morgan fingerprint density at radius 1 is 1.44 bits per heavy atom. The Labute approximate surface area is 101 Å². The van der Waals surface area contributed by atoms with Crippen LogP contribution in [0.5, 0.6) is 0 Å². The van der Waals surface area contributed by atoms with Crippen LogP contribution in [0.4, 0.5) is 5.69 Å². The van der Waals surface area contributed by atoms with E-state index in [0.717, 1.165) is 17.7 Å². The van der Waals surface area contributed by atoms with Crippen molar-refractivity contribution < 1.29 is 4.79 Å². The van der Waals surface area contributed by atoms with Crippen LogP contribution in [0, 0.1) is 0 Å². The summed E-state index contributed by atoms with van der Waals surface area (Å²) in [4.78, 5) is 13.6. The highest BCUT2D eigenvalue weighted by Crippen LogP contribution is 2.29. The molecule has 0 atom stereocenters. The normalized spacial score (nSPS) is 14.4. The molecule has 3 nitrogen and oxygen atoms in total. The van der Waals surface area contributed by atoms with Crippen LogP contribution >= 0.6 is 12.6 Å². The van der Waals surface area contributed by atoms with Crippen molar-refractivity contribution in [2.24, 2.45) is 5.73 Å². The Morgan fingerprint density at radius 3 is 2.94 bits per heavy atom. The van der Waals surface area contributed by atoms with Crippen molar-refractivity contribution in [3.63, 3.8) is 0 Å². The molecular weight excluding hydrogens is 220 g/mol. The molecule has 86 valence electrons. The Kier molecular flexibility index (Phi) is 3.51. The van der Waals surface area contributed by atoms with Gasteiger partial charge in [0.25, 0.3) is 0 Å². The zero-order valence-electron chi connectivity index (χ0n) is 9.15. The molecule has 1 amide bonds. The fraction of sp³-hybridized carbons (Fsp3) is 0.417. The molecule has 0 bridgehead atoms. The standard InChI is InChI=1S/C12H16N2OS/c13-4-3-9-1-2-11-10(7-9)8-12(15)14(11)5-6-16/h1-2,7,16H,3-6,8,13H2. The average Bonchev–Trinajstić information content (AvgIpc) is 2.56. The lowest BCUT2D eigenvalue weighted by molar-refractivity contribution is -0.117. The molecule has 2 N–H and O–H groups in total. The first-order chi connectivity index (χ1) is 7.76. The highest BCUT2D eigenvalue weighted by atomic mass is 32.1. The summed E-state index contributed by atoms with van der Waals surface area (Å²) in [5.74, 6) is 0.865. The Balaban J connectivity index is 2.27. The van der Waals surface area contributed by atoms with Crippen LogP contribution in [-0.4, -0.2) is 24.7 Å². The second kappa shape index (κ2) is 4.89. The van der Waals surface area contributed by atoms with Gasteiger partial charge in [-0.15, -0.1) is 0 Å². The van der Waals surface area contributed by atoms with Crippen LogP contribution in [0.25, 0.3) is 0 Å². The molecule has 0 unspecified atom stereocenters. The quantitative estimate of drug-likeness (QED) is 0.766. The minimum absolute atomic E-state index is 0.175. The monoisotopic (exact) mass is 236 g/mol. The maximum atomic E-state index is 11.8. The van der Waals surface area contributed by atoms with E-state index in [1.54, 1.807) is 0 Å². The number of amides is 1. The zero-order chi connectivity index (χ0) is 11.5. The molecule has 0 aliphatic carbocycles. The number of carbonyl (C=O) groups excluding carboxylic acids is 1. The van der Waals surface area contributed by atoms with Gasteiger partial charge in [0.05, 0.1) is 6.42 Å². The van der Waals surface area contributed by atoms with Crippen molar-refractivity contribution in [1.82, 2.24) is 0 Å². The van der Waals surface area contributed by atoms with Crippen LogP contribution in [0.2, 0.25) is 0 Å². The van der Waals surface area contributed by atoms with E-state index in [1.807, 2.05) is 11.0 Å². The number of carbonyl (C=O) groups is 1. The van der Waals surface area contributed by atoms with E-state index < -0.39 is 0 Å². The Morgan fingerprint density at radius 2 is 2.25 bits per heavy atom. The SMILES string of the molecule is NCCc1ccc2c(c1)CC(=O)N2CCS. The van der Waals surface area contributed by atoms with Gasteiger partial charge in [-0.05, 0) is 30.2 Å². The van der Waals surface area contributed by atoms with Crippen molar-refractivity contribution in [3.8, 4) is 0 Å². The minimum atomic E-state index is 0.175. The van der Waals surface area contributed by atoms with Crippen molar-refractivity contribution >= 4 is 24.2 Å². The van der Waals surface area contributed by atoms with Gasteiger partial charge in [0, 0.05) is 18.0 Å². The molecule has 1 aromatic carbocycles. The van der Waals surface area contributed by atoms with Gasteiger partial charge in [0.2, 0.25) is 5.91 Å². The Bertz CT molecular complexity index is 406. The summed E-state index contributed by atoms with van der Waals surface area (Å²) in [7, 11) is 0. The minimum Gasteiger partial charge on any atom is -0.330 e. The molecule has 1 aromatic rings. The van der Waals surface area contributed by atoms with E-state index >= 15 is 0 Å². The van der Waals surface area contributed by atoms with Crippen molar-refractivity contribution in [2.45, 2.75) is 12.8 Å². The number of rotatable bonds is 4. The lowest BCUT2D eigenvalue weighted by atomic mass is 10.1. The number of nitrogens with two attached hydrogens (primary N) is 1. The van der Waals surface area contributed by atoms with E-state index in [2.05, 4.69) is 24.8 Å². The molecule has 0 aromatic heterocycles. The summed E-state index contributed by atoms with van der Waals surface area (Å²) in [6.07, 6.45) is 1.38. The van der Waals surface area contributed by atoms with Crippen LogP contribution in [-0.2, 0) is 17.6 Å². The number of fused-ring (bicyclic) bond motifs is 1. The van der Waals surface area contributed by atoms with Crippen LogP contribution < -0.4 is 10.6 Å². The molecule has 0 saturated carbocycles. The van der Waals surface area contributed by atoms with Gasteiger partial charge in [-0.2, -0.15) is 12.6 Å². The first-order valence-electron chi connectivity index (χ1n) is 5.49. The summed E-state index contributed by atoms with van der Waals surface area (Å²) >= 11 is 4.17. The van der Waals surface area contributed by atoms with E-state index in [1.165, 1.54) is 5.56 Å². The largest absolute Gasteiger partial charge is 0.330 e. The van der Waals surface area contributed by atoms with Crippen LogP contribution in [0.1, 0.15) is 11.1 Å². The van der Waals surface area contributed by atoms with Crippen molar-refractivity contribution in [3.05, 3.63) is 29.3 Å². The van der Waals surface area contributed by atoms with Gasteiger partial charge in [0.15, 0.2) is 0 Å². The number of hydrogen-bond donors (Lipinski definition) is 2. The fourth-order valence-electron chi connectivity index (χ4n) is 2.10. The third-order valence-corrected chi connectivity index (χ3v) is 3.03. The third kappa shape index (κ3) is 2.08. The number of benzene rings is 1. The van der Waals surface area contributed by atoms with E-state index in [9.17, 15) is 4.79 Å². The average molecular weight is 236 g/mol. The molecule has 16 heavy (non-hydrogen) atoms. The van der Waals surface area contributed by atoms with E-state index in [-0.39, 0.29) is 5.91 Å². The van der Waals surface area contributed by atoms with Crippen molar-refractivity contribution in [2.75, 3.05) is 23.7 Å². The van der Waals surface area contributed by atoms with Crippen molar-refractivity contribution in [1.29, 1.82) is 0 Å². The first-order valence-corrected chi connectivity index (χ1v) is 6.12. The summed E-state index contributed by atoms with van der Waals surface area (Å²) in [6.45, 7) is 1.33. The zero-order valence-corrected chi connectivity index (χ0v) is 10.0. The van der Waals surface area contributed by atoms with Gasteiger partial charge >= 0.3 is 0 Å². The van der Waals surface area contributed by atoms with E-state index in [4.69, 9.17) is 5.73 Å². The molecule has 0 fully saturated rings. The number of thiol groups is 1. The summed E-state index contributed by atoms with van der Waals surface area (Å²) < 4.78 is 0. The second-order valence-electron chi connectivity index (χ2n) is 3.95. The maximum Gasteiger partial charge on any atom is 0.231 e. The summed E-state index contributed by atoms with van der Waals surface area (Å²) in [5.41, 5.74) is 8.89. The predicted octanol–water partition coefficient (Wildman–Crippen LogP) is 1.01. The second-order valence-corrected chi connectivity index (χ2v) is 4.39. The van der Waals surface area contributed by atoms with Gasteiger partial charge < -0.3 is 10.6 Å². The number of nitrogens with zero attached hydrogens (tertiary/aromatic N) is 1. The fourth-order valence-corrected chi connectivity index (χ4v) is 2.30. The molecule has 1 aliphatic heterocycles. The van der Waals surface area contributed by atoms with Gasteiger partial charge in [-0.3, -0.25) is 4.79 Å². The molecular formula is C12H16N2OS. The molecule has 0 spiro atoms. The molecule has 1 heterocycles. The predicted molar refractivity (Wildman–Crippen MR) is 69.1 cm³/mol. The maximum absolute atomic E-state index is 11.8. The van der Waals surface area contributed by atoms with Gasteiger partial charge in [-0.25, -0.2) is 0 Å². The molecule has 0 radical (unpaired) electrons. The summed E-state index contributed by atoms with van der Waals surface area (Å²) in [6, 6.07) is 6.17. The molecule has 2 rings (SSSR count). The summed E-state index contributed by atoms with van der Waals surface area (Å²) in [5, 5.41) is 0. The lowest BCUT2D eigenvalue weighted by Crippen LogP contribution is -2.28.